The molecule has 9 atom stereocenters. The number of esters is 1. The van der Waals surface area contributed by atoms with E-state index < -0.39 is 95.1 Å². The molecule has 2 aromatic rings. The number of methoxy groups -OCH3 is 1. The van der Waals surface area contributed by atoms with E-state index in [1.807, 2.05) is 0 Å². The van der Waals surface area contributed by atoms with Gasteiger partial charge < -0.3 is 59.3 Å². The summed E-state index contributed by atoms with van der Waals surface area (Å²) < 4.78 is 34.8. The Balaban J connectivity index is 1.70. The second-order valence-corrected chi connectivity index (χ2v) is 14.7. The molecule has 6 rings (SSSR count). The van der Waals surface area contributed by atoms with Crippen LogP contribution in [0, 0.1) is 30.6 Å². The van der Waals surface area contributed by atoms with Gasteiger partial charge in [0.25, 0.3) is 11.7 Å². The first kappa shape index (κ1) is 41.5. The lowest BCUT2D eigenvalue weighted by Gasteiger charge is -2.38. The lowest BCUT2D eigenvalue weighted by molar-refractivity contribution is -0.160. The van der Waals surface area contributed by atoms with Crippen LogP contribution in [0.5, 0.6) is 23.0 Å². The fourth-order valence-corrected chi connectivity index (χ4v) is 7.50. The zero-order valence-electron chi connectivity index (χ0n) is 32.4. The van der Waals surface area contributed by atoms with E-state index in [0.717, 1.165) is 0 Å². The number of allylic oxidation sites excluding steroid dienone is 2. The summed E-state index contributed by atoms with van der Waals surface area (Å²) in [6.45, 7) is 12.7. The van der Waals surface area contributed by atoms with Crippen molar-refractivity contribution < 1.29 is 68.3 Å². The number of ether oxygens (including phenoxy) is 6. The quantitative estimate of drug-likeness (QED) is 0.140. The summed E-state index contributed by atoms with van der Waals surface area (Å²) in [6, 6.07) is 0. The lowest BCUT2D eigenvalue weighted by Crippen LogP contribution is -2.46. The van der Waals surface area contributed by atoms with Crippen LogP contribution in [0.1, 0.15) is 76.2 Å². The summed E-state index contributed by atoms with van der Waals surface area (Å²) in [4.78, 5) is 40.2. The number of aliphatic hydroxyl groups excluding tert-OH is 2. The highest BCUT2D eigenvalue weighted by molar-refractivity contribution is 6.22. The minimum Gasteiger partial charge on any atom is -0.507 e. The first-order chi connectivity index (χ1) is 25.9. The number of fused-ring (bicyclic) bond motifs is 14. The number of benzene rings is 2. The molecule has 1 amide bonds. The first-order valence-corrected chi connectivity index (χ1v) is 18.2. The smallest absolute Gasteiger partial charge is 0.312 e. The Morgan fingerprint density at radius 3 is 2.18 bits per heavy atom. The van der Waals surface area contributed by atoms with Crippen molar-refractivity contribution in [2.24, 2.45) is 23.7 Å². The molecule has 0 spiro atoms. The van der Waals surface area contributed by atoms with E-state index in [1.54, 1.807) is 39.8 Å². The number of rotatable bonds is 3. The fourth-order valence-electron chi connectivity index (χ4n) is 7.50. The molecule has 0 saturated carbocycles. The Labute approximate surface area is 319 Å². The highest BCUT2D eigenvalue weighted by Crippen LogP contribution is 2.57. The molecule has 2 aromatic carbocycles. The van der Waals surface area contributed by atoms with Gasteiger partial charge in [-0.05, 0) is 19.9 Å². The van der Waals surface area contributed by atoms with E-state index >= 15 is 0 Å². The average Bonchev–Trinajstić information content (AvgIpc) is 3.77. The number of nitrogens with one attached hydrogen (secondary N) is 1. The summed E-state index contributed by atoms with van der Waals surface area (Å²) in [7, 11) is 1.43. The van der Waals surface area contributed by atoms with Crippen molar-refractivity contribution in [3.8, 4) is 23.0 Å². The molecule has 0 radical (unpaired) electrons. The van der Waals surface area contributed by atoms with Gasteiger partial charge >= 0.3 is 11.8 Å². The van der Waals surface area contributed by atoms with Crippen LogP contribution in [0.3, 0.4) is 0 Å². The van der Waals surface area contributed by atoms with Gasteiger partial charge in [0.2, 0.25) is 0 Å². The molecular formula is C40H51NO14. The number of hydrogen-bond donors (Lipinski definition) is 6. The zero-order chi connectivity index (χ0) is 40.7. The molecule has 4 aliphatic heterocycles. The number of phenols is 3. The maximum atomic E-state index is 14.3. The maximum absolute atomic E-state index is 14.3. The van der Waals surface area contributed by atoms with E-state index in [2.05, 4.69) is 5.32 Å². The van der Waals surface area contributed by atoms with Gasteiger partial charge in [-0.2, -0.15) is 0 Å². The maximum Gasteiger partial charge on any atom is 0.312 e. The van der Waals surface area contributed by atoms with Gasteiger partial charge in [0, 0.05) is 61.2 Å². The van der Waals surface area contributed by atoms with Crippen LogP contribution in [0.4, 0.5) is 5.69 Å². The van der Waals surface area contributed by atoms with Gasteiger partial charge in [0.15, 0.2) is 12.0 Å². The van der Waals surface area contributed by atoms with Crippen molar-refractivity contribution in [1.29, 1.82) is 0 Å². The fraction of sp³-hybridized carbons (Fsp3) is 0.525. The van der Waals surface area contributed by atoms with Crippen molar-refractivity contribution >= 4 is 34.1 Å². The topological polar surface area (TPSA) is 220 Å². The molecule has 5 bridgehead atoms. The Morgan fingerprint density at radius 1 is 0.909 bits per heavy atom. The van der Waals surface area contributed by atoms with Gasteiger partial charge in [-0.3, -0.25) is 14.4 Å². The molecule has 55 heavy (non-hydrogen) atoms. The van der Waals surface area contributed by atoms with E-state index in [9.17, 15) is 39.9 Å². The van der Waals surface area contributed by atoms with E-state index in [4.69, 9.17) is 28.4 Å². The molecule has 4 aliphatic rings. The summed E-state index contributed by atoms with van der Waals surface area (Å²) in [5.41, 5.74) is -0.529. The Kier molecular flexibility index (Phi) is 12.2. The van der Waals surface area contributed by atoms with Crippen molar-refractivity contribution in [2.75, 3.05) is 25.6 Å². The van der Waals surface area contributed by atoms with Gasteiger partial charge in [0.1, 0.15) is 23.4 Å². The van der Waals surface area contributed by atoms with Crippen molar-refractivity contribution in [3.63, 3.8) is 0 Å². The van der Waals surface area contributed by atoms with Crippen LogP contribution in [-0.4, -0.2) is 93.7 Å². The number of aromatic hydroxyl groups is 3. The van der Waals surface area contributed by atoms with Crippen molar-refractivity contribution in [2.45, 2.75) is 91.9 Å². The molecule has 6 N–H and O–H groups in total. The molecule has 1 fully saturated rings. The molecule has 15 nitrogen and oxygen atoms in total. The third-order valence-corrected chi connectivity index (χ3v) is 10.9. The number of amides is 1. The number of carbonyl (C=O) groups excluding carboxylic acids is 3. The highest BCUT2D eigenvalue weighted by atomic mass is 16.7. The van der Waals surface area contributed by atoms with Crippen LogP contribution < -0.4 is 10.1 Å². The van der Waals surface area contributed by atoms with Gasteiger partial charge in [-0.15, -0.1) is 0 Å². The molecule has 0 aromatic heterocycles. The number of phenolic OH excluding ortho intramolecular Hbond substituents is 3. The number of hydrogen-bond acceptors (Lipinski definition) is 14. The Morgan fingerprint density at radius 2 is 1.56 bits per heavy atom. The predicted octanol–water partition coefficient (Wildman–Crippen LogP) is 4.80. The van der Waals surface area contributed by atoms with Gasteiger partial charge in [0.05, 0.1) is 60.0 Å². The van der Waals surface area contributed by atoms with Crippen LogP contribution in [0.15, 0.2) is 36.1 Å². The second kappa shape index (κ2) is 16.2. The summed E-state index contributed by atoms with van der Waals surface area (Å²) >= 11 is 0. The monoisotopic (exact) mass is 769 g/mol. The SMILES string of the molecule is COC1/C=C/OC2(C)Oc3c(C)c(O)c4c(O)c(c(C5OCCO5)c(O)c4c3C2=O)NC(=O)/C(C)=C\C=C\C(C)C(O)C(C)C(O)C(C)C(OC(C)=O)C1C. The molecule has 1 saturated heterocycles. The second-order valence-electron chi connectivity index (χ2n) is 14.7. The third-order valence-electron chi connectivity index (χ3n) is 10.9. The Hall–Kier alpha value is -4.67. The standard InChI is InChI=1S/C40H51NO14/c1-17-11-10-12-18(2)38(49)41-29-28(39-51-15-16-52-39)33(46)25-26(34(29)47)32(45)22(6)36-27(25)37(48)40(8,55-36)53-14-13-24(50-9)19(3)35(54-23(7)42)21(5)31(44)20(4)30(17)43/h10-14,17,19-21,24,30-31,35,39,43-47H,15-16H2,1-9H3,(H,41,49)/b11-10+,14-13+,18-12-. The molecule has 15 heteroatoms. The van der Waals surface area contributed by atoms with Crippen molar-refractivity contribution in [3.05, 3.63) is 52.8 Å². The number of aliphatic hydroxyl groups is 2. The van der Waals surface area contributed by atoms with E-state index in [-0.39, 0.29) is 57.7 Å². The number of anilines is 1. The van der Waals surface area contributed by atoms with Crippen LogP contribution in [-0.2, 0) is 33.3 Å². The lowest BCUT2D eigenvalue weighted by atomic mass is 9.78. The van der Waals surface area contributed by atoms with E-state index in [1.165, 1.54) is 53.2 Å². The van der Waals surface area contributed by atoms with Gasteiger partial charge in [-0.1, -0.05) is 45.9 Å². The van der Waals surface area contributed by atoms with Gasteiger partial charge in [-0.25, -0.2) is 0 Å². The number of Topliss-reactive ketones (excluding diaryl/α,β-unsaturated/α-hetero) is 1. The number of ketones is 1. The summed E-state index contributed by atoms with van der Waals surface area (Å²) in [5, 5.41) is 59.9. The third kappa shape index (κ3) is 7.63. The van der Waals surface area contributed by atoms with Crippen LogP contribution in [0.25, 0.3) is 10.8 Å². The molecule has 9 unspecified atom stereocenters. The minimum absolute atomic E-state index is 0.0395. The molecule has 300 valence electrons. The predicted molar refractivity (Wildman–Crippen MR) is 198 cm³/mol. The summed E-state index contributed by atoms with van der Waals surface area (Å²) in [5.74, 6) is -8.54. The first-order valence-electron chi connectivity index (χ1n) is 18.2. The van der Waals surface area contributed by atoms with Crippen LogP contribution >= 0.6 is 0 Å². The number of carbonyl (C=O) groups is 3. The molecule has 4 heterocycles. The largest absolute Gasteiger partial charge is 0.507 e. The zero-order valence-corrected chi connectivity index (χ0v) is 32.4. The summed E-state index contributed by atoms with van der Waals surface area (Å²) in [6.07, 6.45) is 2.20. The molecule has 0 aliphatic carbocycles. The normalized spacial score (nSPS) is 33.1. The minimum atomic E-state index is -2.05. The van der Waals surface area contributed by atoms with Crippen LogP contribution in [0.2, 0.25) is 0 Å². The Bertz CT molecular complexity index is 1930. The molecular weight excluding hydrogens is 718 g/mol. The van der Waals surface area contributed by atoms with E-state index in [0.29, 0.717) is 0 Å². The average molecular weight is 770 g/mol. The van der Waals surface area contributed by atoms with Crippen molar-refractivity contribution in [1.82, 2.24) is 0 Å². The highest BCUT2D eigenvalue weighted by Gasteiger charge is 2.50.